The maximum Gasteiger partial charge on any atom is 0.254 e. The zero-order chi connectivity index (χ0) is 14.3. The molecule has 6 heteroatoms. The van der Waals surface area contributed by atoms with Crippen molar-refractivity contribution >= 4 is 5.91 Å². The van der Waals surface area contributed by atoms with Crippen molar-refractivity contribution in [2.45, 2.75) is 6.10 Å². The second-order valence-corrected chi connectivity index (χ2v) is 3.87. The number of rotatable bonds is 7. The molecule has 1 amide bonds. The number of methoxy groups -OCH3 is 3. The zero-order valence-corrected chi connectivity index (χ0v) is 11.2. The minimum Gasteiger partial charge on any atom is -0.497 e. The summed E-state index contributed by atoms with van der Waals surface area (Å²) in [4.78, 5) is 11.8. The highest BCUT2D eigenvalue weighted by Crippen LogP contribution is 2.16. The second-order valence-electron chi connectivity index (χ2n) is 3.87. The fraction of sp³-hybridized carbons (Fsp3) is 0.462. The van der Waals surface area contributed by atoms with Gasteiger partial charge >= 0.3 is 0 Å². The van der Waals surface area contributed by atoms with Gasteiger partial charge in [-0.1, -0.05) is 0 Å². The highest BCUT2D eigenvalue weighted by Gasteiger charge is 2.14. The van der Waals surface area contributed by atoms with Crippen LogP contribution in [0.1, 0.15) is 10.4 Å². The normalized spacial score (nSPS) is 12.0. The number of ether oxygens (including phenoxy) is 3. The third kappa shape index (κ3) is 4.50. The van der Waals surface area contributed by atoms with Crippen molar-refractivity contribution in [2.75, 3.05) is 34.5 Å². The SMILES string of the molecule is COCC(CNC(=O)c1ccc(OC)cc1F)OC. The molecule has 19 heavy (non-hydrogen) atoms. The summed E-state index contributed by atoms with van der Waals surface area (Å²) in [6.45, 7) is 0.594. The van der Waals surface area contributed by atoms with Crippen molar-refractivity contribution in [2.24, 2.45) is 0 Å². The zero-order valence-electron chi connectivity index (χ0n) is 11.2. The van der Waals surface area contributed by atoms with Crippen molar-refractivity contribution in [3.63, 3.8) is 0 Å². The van der Waals surface area contributed by atoms with Crippen LogP contribution in [0.5, 0.6) is 5.75 Å². The summed E-state index contributed by atoms with van der Waals surface area (Å²) in [6.07, 6.45) is -0.268. The molecule has 0 aliphatic heterocycles. The van der Waals surface area contributed by atoms with Crippen LogP contribution in [0, 0.1) is 5.82 Å². The van der Waals surface area contributed by atoms with Gasteiger partial charge in [0.15, 0.2) is 0 Å². The number of benzene rings is 1. The molecule has 0 saturated heterocycles. The van der Waals surface area contributed by atoms with E-state index in [1.54, 1.807) is 0 Å². The van der Waals surface area contributed by atoms with Gasteiger partial charge in [-0.25, -0.2) is 4.39 Å². The van der Waals surface area contributed by atoms with Crippen LogP contribution >= 0.6 is 0 Å². The molecule has 1 aromatic carbocycles. The van der Waals surface area contributed by atoms with E-state index in [1.165, 1.54) is 33.5 Å². The number of amides is 1. The van der Waals surface area contributed by atoms with Crippen molar-refractivity contribution in [3.05, 3.63) is 29.6 Å². The lowest BCUT2D eigenvalue weighted by atomic mass is 10.2. The van der Waals surface area contributed by atoms with Crippen molar-refractivity contribution in [1.82, 2.24) is 5.32 Å². The molecule has 0 aromatic heterocycles. The van der Waals surface area contributed by atoms with Crippen molar-refractivity contribution < 1.29 is 23.4 Å². The Labute approximate surface area is 111 Å². The molecular formula is C13H18FNO4. The first-order valence-electron chi connectivity index (χ1n) is 5.75. The predicted molar refractivity (Wildman–Crippen MR) is 68.0 cm³/mol. The molecule has 106 valence electrons. The van der Waals surface area contributed by atoms with Crippen molar-refractivity contribution in [1.29, 1.82) is 0 Å². The van der Waals surface area contributed by atoms with Gasteiger partial charge in [-0.2, -0.15) is 0 Å². The number of hydrogen-bond donors (Lipinski definition) is 1. The quantitative estimate of drug-likeness (QED) is 0.810. The number of carbonyl (C=O) groups is 1. The summed E-state index contributed by atoms with van der Waals surface area (Å²) in [5.74, 6) is -0.765. The monoisotopic (exact) mass is 271 g/mol. The minimum atomic E-state index is -0.627. The molecule has 0 fully saturated rings. The molecule has 0 radical (unpaired) electrons. The molecule has 1 atom stereocenters. The Balaban J connectivity index is 2.63. The van der Waals surface area contributed by atoms with Crippen LogP contribution in [0.15, 0.2) is 18.2 Å². The van der Waals surface area contributed by atoms with E-state index in [9.17, 15) is 9.18 Å². The van der Waals surface area contributed by atoms with Gasteiger partial charge in [0.1, 0.15) is 11.6 Å². The summed E-state index contributed by atoms with van der Waals surface area (Å²) in [7, 11) is 4.49. The maximum absolute atomic E-state index is 13.6. The third-order valence-electron chi connectivity index (χ3n) is 2.60. The van der Waals surface area contributed by atoms with Gasteiger partial charge < -0.3 is 19.5 Å². The smallest absolute Gasteiger partial charge is 0.254 e. The highest BCUT2D eigenvalue weighted by molar-refractivity contribution is 5.94. The fourth-order valence-electron chi connectivity index (χ4n) is 1.50. The van der Waals surface area contributed by atoms with Gasteiger partial charge in [-0.15, -0.1) is 0 Å². The van der Waals surface area contributed by atoms with E-state index >= 15 is 0 Å². The van der Waals surface area contributed by atoms with Crippen LogP contribution in [-0.4, -0.2) is 46.5 Å². The van der Waals surface area contributed by atoms with Gasteiger partial charge in [0.05, 0.1) is 25.4 Å². The summed E-state index contributed by atoms with van der Waals surface area (Å²) in [5, 5.41) is 2.59. The standard InChI is InChI=1S/C13H18FNO4/c1-17-8-10(19-3)7-15-13(16)11-5-4-9(18-2)6-12(11)14/h4-6,10H,7-8H2,1-3H3,(H,15,16). The third-order valence-corrected chi connectivity index (χ3v) is 2.60. The van der Waals surface area contributed by atoms with E-state index in [2.05, 4.69) is 5.32 Å². The molecule has 0 bridgehead atoms. The number of carbonyl (C=O) groups excluding carboxylic acids is 1. The van der Waals surface area contributed by atoms with Crippen molar-refractivity contribution in [3.8, 4) is 5.75 Å². The van der Waals surface area contributed by atoms with Crippen LogP contribution in [0.25, 0.3) is 0 Å². The molecule has 0 heterocycles. The molecule has 1 N–H and O–H groups in total. The Morgan fingerprint density at radius 1 is 1.37 bits per heavy atom. The van der Waals surface area contributed by atoms with Crippen LogP contribution < -0.4 is 10.1 Å². The first-order valence-corrected chi connectivity index (χ1v) is 5.75. The predicted octanol–water partition coefficient (Wildman–Crippen LogP) is 1.23. The molecule has 5 nitrogen and oxygen atoms in total. The van der Waals surface area contributed by atoms with Crippen LogP contribution in [0.4, 0.5) is 4.39 Å². The van der Waals surface area contributed by atoms with Crippen LogP contribution in [0.3, 0.4) is 0 Å². The van der Waals surface area contributed by atoms with E-state index in [-0.39, 0.29) is 18.2 Å². The lowest BCUT2D eigenvalue weighted by Gasteiger charge is -2.15. The minimum absolute atomic E-state index is 0.0342. The summed E-state index contributed by atoms with van der Waals surface area (Å²) in [5.41, 5.74) is -0.0342. The van der Waals surface area contributed by atoms with Gasteiger partial charge in [-0.3, -0.25) is 4.79 Å². The molecule has 0 saturated carbocycles. The highest BCUT2D eigenvalue weighted by atomic mass is 19.1. The lowest BCUT2D eigenvalue weighted by molar-refractivity contribution is 0.0285. The van der Waals surface area contributed by atoms with Gasteiger partial charge in [-0.05, 0) is 12.1 Å². The average molecular weight is 271 g/mol. The topological polar surface area (TPSA) is 56.8 Å². The number of hydrogen-bond acceptors (Lipinski definition) is 4. The molecule has 1 rings (SSSR count). The molecule has 0 spiro atoms. The van der Waals surface area contributed by atoms with Gasteiger partial charge in [0.2, 0.25) is 0 Å². The Kier molecular flexibility index (Phi) is 6.24. The lowest BCUT2D eigenvalue weighted by Crippen LogP contribution is -2.35. The average Bonchev–Trinajstić information content (AvgIpc) is 2.42. The Morgan fingerprint density at radius 2 is 2.11 bits per heavy atom. The number of halogens is 1. The Hall–Kier alpha value is -1.66. The van der Waals surface area contributed by atoms with E-state index in [0.717, 1.165) is 6.07 Å². The largest absolute Gasteiger partial charge is 0.497 e. The maximum atomic E-state index is 13.6. The molecule has 1 unspecified atom stereocenters. The Bertz CT molecular complexity index is 425. The summed E-state index contributed by atoms with van der Waals surface area (Å²) >= 11 is 0. The molecule has 1 aromatic rings. The first kappa shape index (κ1) is 15.4. The van der Waals surface area contributed by atoms with Crippen LogP contribution in [0.2, 0.25) is 0 Å². The molecular weight excluding hydrogens is 253 g/mol. The Morgan fingerprint density at radius 3 is 2.63 bits per heavy atom. The summed E-state index contributed by atoms with van der Waals surface area (Å²) < 4.78 is 28.5. The fourth-order valence-corrected chi connectivity index (χ4v) is 1.50. The molecule has 0 aliphatic carbocycles. The van der Waals surface area contributed by atoms with Crippen LogP contribution in [-0.2, 0) is 9.47 Å². The number of nitrogens with one attached hydrogen (secondary N) is 1. The second kappa shape index (κ2) is 7.70. The van der Waals surface area contributed by atoms with E-state index < -0.39 is 11.7 Å². The van der Waals surface area contributed by atoms with Gasteiger partial charge in [0, 0.05) is 26.8 Å². The summed E-state index contributed by atoms with van der Waals surface area (Å²) in [6, 6.07) is 4.07. The van der Waals surface area contributed by atoms with E-state index in [1.807, 2.05) is 0 Å². The van der Waals surface area contributed by atoms with Gasteiger partial charge in [0.25, 0.3) is 5.91 Å². The van der Waals surface area contributed by atoms with E-state index in [4.69, 9.17) is 14.2 Å². The molecule has 0 aliphatic rings. The first-order chi connectivity index (χ1) is 9.12. The van der Waals surface area contributed by atoms with E-state index in [0.29, 0.717) is 12.4 Å².